The molecule has 0 fully saturated rings. The number of rotatable bonds is 3. The van der Waals surface area contributed by atoms with Crippen molar-refractivity contribution in [2.45, 2.75) is 0 Å². The van der Waals surface area contributed by atoms with Crippen molar-refractivity contribution in [3.05, 3.63) is 66.0 Å². The second kappa shape index (κ2) is 5.68. The molecule has 0 amide bonds. The molecule has 0 aliphatic carbocycles. The van der Waals surface area contributed by atoms with Crippen LogP contribution < -0.4 is 4.74 Å². The van der Waals surface area contributed by atoms with Gasteiger partial charge in [0, 0.05) is 0 Å². The fraction of sp³-hybridized carbons (Fsp3) is 0. The van der Waals surface area contributed by atoms with Crippen molar-refractivity contribution in [3.8, 4) is 11.4 Å². The van der Waals surface area contributed by atoms with Gasteiger partial charge in [0.05, 0.1) is 11.3 Å². The van der Waals surface area contributed by atoms with Gasteiger partial charge in [-0.05, 0) is 52.9 Å². The highest BCUT2D eigenvalue weighted by Gasteiger charge is 2.12. The van der Waals surface area contributed by atoms with E-state index in [9.17, 15) is 13.6 Å². The predicted octanol–water partition coefficient (Wildman–Crippen LogP) is 2.16. The first-order valence-electron chi connectivity index (χ1n) is 6.14. The Kier molecular flexibility index (Phi) is 3.57. The Morgan fingerprint density at radius 3 is 2.45 bits per heavy atom. The number of nitrogens with zero attached hydrogens (tertiary/aromatic N) is 4. The summed E-state index contributed by atoms with van der Waals surface area (Å²) in [5.41, 5.74) is 0.598. The van der Waals surface area contributed by atoms with Crippen LogP contribution in [0.3, 0.4) is 0 Å². The summed E-state index contributed by atoms with van der Waals surface area (Å²) < 4.78 is 32.4. The number of halogens is 2. The van der Waals surface area contributed by atoms with Crippen LogP contribution in [0.1, 0.15) is 10.4 Å². The highest BCUT2D eigenvalue weighted by atomic mass is 19.2. The van der Waals surface area contributed by atoms with Crippen molar-refractivity contribution in [2.24, 2.45) is 0 Å². The van der Waals surface area contributed by atoms with Gasteiger partial charge in [-0.25, -0.2) is 18.3 Å². The smallest absolute Gasteiger partial charge is 0.343 e. The van der Waals surface area contributed by atoms with Gasteiger partial charge in [-0.15, -0.1) is 5.10 Å². The van der Waals surface area contributed by atoms with Crippen LogP contribution in [0.15, 0.2) is 48.8 Å². The minimum absolute atomic E-state index is 0.0801. The van der Waals surface area contributed by atoms with Gasteiger partial charge < -0.3 is 4.74 Å². The molecular weight excluding hydrogens is 294 g/mol. The van der Waals surface area contributed by atoms with Crippen molar-refractivity contribution in [2.75, 3.05) is 0 Å². The van der Waals surface area contributed by atoms with E-state index in [1.807, 2.05) is 0 Å². The molecule has 3 rings (SSSR count). The largest absolute Gasteiger partial charge is 0.423 e. The number of ether oxygens (including phenoxy) is 1. The first-order chi connectivity index (χ1) is 10.6. The minimum Gasteiger partial charge on any atom is -0.423 e. The second-order valence-corrected chi connectivity index (χ2v) is 4.27. The van der Waals surface area contributed by atoms with Gasteiger partial charge in [-0.3, -0.25) is 0 Å². The van der Waals surface area contributed by atoms with E-state index in [-0.39, 0.29) is 11.3 Å². The maximum atomic E-state index is 13.1. The number of aromatic nitrogens is 4. The summed E-state index contributed by atoms with van der Waals surface area (Å²) in [6.45, 7) is 0. The predicted molar refractivity (Wildman–Crippen MR) is 70.5 cm³/mol. The molecule has 0 N–H and O–H groups in total. The average Bonchev–Trinajstić information content (AvgIpc) is 3.05. The van der Waals surface area contributed by atoms with Crippen LogP contribution in [0.25, 0.3) is 5.69 Å². The van der Waals surface area contributed by atoms with Crippen LogP contribution in [0.4, 0.5) is 8.78 Å². The lowest BCUT2D eigenvalue weighted by Crippen LogP contribution is -2.09. The summed E-state index contributed by atoms with van der Waals surface area (Å²) in [6.07, 6.45) is 1.42. The van der Waals surface area contributed by atoms with Crippen molar-refractivity contribution in [1.29, 1.82) is 0 Å². The summed E-state index contributed by atoms with van der Waals surface area (Å²) in [4.78, 5) is 11.8. The van der Waals surface area contributed by atoms with Gasteiger partial charge in [-0.1, -0.05) is 0 Å². The van der Waals surface area contributed by atoms with E-state index in [1.54, 1.807) is 12.1 Å². The highest BCUT2D eigenvalue weighted by Crippen LogP contribution is 2.17. The highest BCUT2D eigenvalue weighted by molar-refractivity contribution is 5.91. The van der Waals surface area contributed by atoms with Gasteiger partial charge in [0.1, 0.15) is 12.1 Å². The van der Waals surface area contributed by atoms with Crippen LogP contribution in [-0.2, 0) is 0 Å². The minimum atomic E-state index is -1.11. The molecule has 6 nitrogen and oxygen atoms in total. The maximum absolute atomic E-state index is 13.1. The van der Waals surface area contributed by atoms with E-state index in [1.165, 1.54) is 23.1 Å². The summed E-state index contributed by atoms with van der Waals surface area (Å²) in [6, 6.07) is 9.16. The van der Waals surface area contributed by atoms with Gasteiger partial charge >= 0.3 is 5.97 Å². The van der Waals surface area contributed by atoms with Gasteiger partial charge in [-0.2, -0.15) is 0 Å². The van der Waals surface area contributed by atoms with Gasteiger partial charge in [0.2, 0.25) is 0 Å². The Labute approximate surface area is 123 Å². The van der Waals surface area contributed by atoms with Crippen molar-refractivity contribution in [3.63, 3.8) is 0 Å². The summed E-state index contributed by atoms with van der Waals surface area (Å²) in [5.74, 6) is -2.66. The van der Waals surface area contributed by atoms with Gasteiger partial charge in [0.25, 0.3) is 0 Å². The molecule has 8 heteroatoms. The van der Waals surface area contributed by atoms with E-state index in [0.29, 0.717) is 5.69 Å². The quantitative estimate of drug-likeness (QED) is 0.548. The molecule has 0 aliphatic heterocycles. The molecule has 0 spiro atoms. The lowest BCUT2D eigenvalue weighted by Gasteiger charge is -2.05. The van der Waals surface area contributed by atoms with Crippen LogP contribution in [0.5, 0.6) is 5.75 Å². The van der Waals surface area contributed by atoms with Crippen LogP contribution >= 0.6 is 0 Å². The molecule has 0 atom stereocenters. The molecule has 0 bridgehead atoms. The van der Waals surface area contributed by atoms with Crippen molar-refractivity contribution >= 4 is 5.97 Å². The first kappa shape index (κ1) is 13.8. The zero-order valence-electron chi connectivity index (χ0n) is 11.0. The molecular formula is C14H8F2N4O2. The van der Waals surface area contributed by atoms with Crippen molar-refractivity contribution < 1.29 is 18.3 Å². The molecule has 0 unspecified atom stereocenters. The summed E-state index contributed by atoms with van der Waals surface area (Å²) in [7, 11) is 0. The third-order valence-corrected chi connectivity index (χ3v) is 2.82. The molecule has 0 aliphatic rings. The lowest BCUT2D eigenvalue weighted by atomic mass is 10.2. The number of benzene rings is 2. The third-order valence-electron chi connectivity index (χ3n) is 2.82. The number of hydrogen-bond donors (Lipinski definition) is 0. The van der Waals surface area contributed by atoms with Gasteiger partial charge in [0.15, 0.2) is 11.6 Å². The topological polar surface area (TPSA) is 69.9 Å². The monoisotopic (exact) mass is 302 g/mol. The standard InChI is InChI=1S/C14H8F2N4O2/c15-12-6-1-9(7-13(12)16)14(21)22-11-4-2-10(3-5-11)20-8-17-18-19-20/h1-8H. The molecule has 0 radical (unpaired) electrons. The number of carbonyl (C=O) groups is 1. The molecule has 110 valence electrons. The van der Waals surface area contributed by atoms with Crippen LogP contribution in [-0.4, -0.2) is 26.2 Å². The third kappa shape index (κ3) is 2.80. The van der Waals surface area contributed by atoms with E-state index in [2.05, 4.69) is 15.5 Å². The van der Waals surface area contributed by atoms with E-state index < -0.39 is 17.6 Å². The van der Waals surface area contributed by atoms with Crippen LogP contribution in [0, 0.1) is 11.6 Å². The summed E-state index contributed by atoms with van der Waals surface area (Å²) >= 11 is 0. The molecule has 3 aromatic rings. The fourth-order valence-corrected chi connectivity index (χ4v) is 1.74. The Balaban J connectivity index is 1.75. The number of carbonyl (C=O) groups excluding carboxylic acids is 1. The van der Waals surface area contributed by atoms with E-state index in [0.717, 1.165) is 18.2 Å². The Morgan fingerprint density at radius 2 is 1.82 bits per heavy atom. The summed E-state index contributed by atoms with van der Waals surface area (Å²) in [5, 5.41) is 10.7. The van der Waals surface area contributed by atoms with Crippen LogP contribution in [0.2, 0.25) is 0 Å². The normalized spacial score (nSPS) is 10.5. The molecule has 2 aromatic carbocycles. The molecule has 0 saturated carbocycles. The number of tetrazole rings is 1. The maximum Gasteiger partial charge on any atom is 0.343 e. The fourth-order valence-electron chi connectivity index (χ4n) is 1.74. The number of esters is 1. The molecule has 22 heavy (non-hydrogen) atoms. The molecule has 1 aromatic heterocycles. The molecule has 1 heterocycles. The number of hydrogen-bond acceptors (Lipinski definition) is 5. The Morgan fingerprint density at radius 1 is 1.05 bits per heavy atom. The zero-order chi connectivity index (χ0) is 15.5. The Hall–Kier alpha value is -3.16. The lowest BCUT2D eigenvalue weighted by molar-refractivity contribution is 0.0734. The first-order valence-corrected chi connectivity index (χ1v) is 6.14. The SMILES string of the molecule is O=C(Oc1ccc(-n2cnnn2)cc1)c1ccc(F)c(F)c1. The zero-order valence-corrected chi connectivity index (χ0v) is 11.0. The molecule has 0 saturated heterocycles. The average molecular weight is 302 g/mol. The van der Waals surface area contributed by atoms with E-state index in [4.69, 9.17) is 4.74 Å². The van der Waals surface area contributed by atoms with E-state index >= 15 is 0 Å². The van der Waals surface area contributed by atoms with Crippen molar-refractivity contribution in [1.82, 2.24) is 20.2 Å². The second-order valence-electron chi connectivity index (χ2n) is 4.27. The Bertz CT molecular complexity index is 804.